The molecule has 0 radical (unpaired) electrons. The van der Waals surface area contributed by atoms with E-state index in [1.165, 1.54) is 19.2 Å². The Morgan fingerprint density at radius 1 is 1.25 bits per heavy atom. The molecule has 104 valence electrons. The van der Waals surface area contributed by atoms with Crippen LogP contribution < -0.4 is 4.74 Å². The van der Waals surface area contributed by atoms with Crippen molar-refractivity contribution in [2.24, 2.45) is 0 Å². The largest absolute Gasteiger partial charge is 0.496 e. The highest BCUT2D eigenvalue weighted by Gasteiger charge is 2.15. The van der Waals surface area contributed by atoms with E-state index in [0.717, 1.165) is 0 Å². The molecule has 3 nitrogen and oxygen atoms in total. The molecule has 0 saturated heterocycles. The molecule has 2 rings (SSSR count). The topological polar surface area (TPSA) is 35.5 Å². The molecule has 0 amide bonds. The van der Waals surface area contributed by atoms with E-state index in [2.05, 4.69) is 0 Å². The number of esters is 1. The molecule has 0 fully saturated rings. The van der Waals surface area contributed by atoms with Gasteiger partial charge in [0.05, 0.1) is 7.11 Å². The summed E-state index contributed by atoms with van der Waals surface area (Å²) in [5.41, 5.74) is 0.512. The minimum atomic E-state index is -0.618. The predicted octanol–water partition coefficient (Wildman–Crippen LogP) is 3.84. The molecule has 20 heavy (non-hydrogen) atoms. The molecule has 0 aliphatic heterocycles. The number of hydrogen-bond donors (Lipinski definition) is 0. The van der Waals surface area contributed by atoms with E-state index >= 15 is 0 Å². The third kappa shape index (κ3) is 3.27. The Morgan fingerprint density at radius 2 is 2.00 bits per heavy atom. The first kappa shape index (κ1) is 14.3. The summed E-state index contributed by atoms with van der Waals surface area (Å²) in [7, 11) is 1.44. The van der Waals surface area contributed by atoms with E-state index in [-0.39, 0.29) is 12.2 Å². The molecule has 2 aromatic carbocycles. The lowest BCUT2D eigenvalue weighted by molar-refractivity contribution is 0.0465. The zero-order valence-electron chi connectivity index (χ0n) is 10.7. The Balaban J connectivity index is 2.13. The fourth-order valence-corrected chi connectivity index (χ4v) is 1.85. The fourth-order valence-electron chi connectivity index (χ4n) is 1.68. The summed E-state index contributed by atoms with van der Waals surface area (Å²) < 4.78 is 23.6. The maximum Gasteiger partial charge on any atom is 0.342 e. The first-order chi connectivity index (χ1) is 9.61. The summed E-state index contributed by atoms with van der Waals surface area (Å²) in [4.78, 5) is 12.0. The smallest absolute Gasteiger partial charge is 0.342 e. The number of carbonyl (C=O) groups excluding carboxylic acids is 1. The number of carbonyl (C=O) groups is 1. The number of ether oxygens (including phenoxy) is 2. The minimum absolute atomic E-state index is 0.152. The van der Waals surface area contributed by atoms with Gasteiger partial charge < -0.3 is 9.47 Å². The molecular formula is C15H12ClFO3. The lowest BCUT2D eigenvalue weighted by Gasteiger charge is -2.09. The third-order valence-corrected chi connectivity index (χ3v) is 2.93. The van der Waals surface area contributed by atoms with Gasteiger partial charge in [0.2, 0.25) is 0 Å². The van der Waals surface area contributed by atoms with Crippen LogP contribution in [0.5, 0.6) is 5.75 Å². The van der Waals surface area contributed by atoms with Crippen molar-refractivity contribution in [1.82, 2.24) is 0 Å². The van der Waals surface area contributed by atoms with Gasteiger partial charge in [-0.3, -0.25) is 0 Å². The number of methoxy groups -OCH3 is 1. The molecule has 0 saturated carbocycles. The van der Waals surface area contributed by atoms with E-state index in [4.69, 9.17) is 21.1 Å². The highest BCUT2D eigenvalue weighted by molar-refractivity contribution is 6.31. The van der Waals surface area contributed by atoms with Crippen molar-refractivity contribution in [1.29, 1.82) is 0 Å². The summed E-state index contributed by atoms with van der Waals surface area (Å²) >= 11 is 5.84. The molecule has 0 aliphatic rings. The second-order valence-corrected chi connectivity index (χ2v) is 4.45. The van der Waals surface area contributed by atoms with E-state index < -0.39 is 11.8 Å². The van der Waals surface area contributed by atoms with Crippen LogP contribution in [-0.2, 0) is 11.3 Å². The molecule has 0 N–H and O–H groups in total. The van der Waals surface area contributed by atoms with E-state index in [9.17, 15) is 9.18 Å². The minimum Gasteiger partial charge on any atom is -0.496 e. The summed E-state index contributed by atoms with van der Waals surface area (Å²) in [5, 5.41) is 0.392. The Hall–Kier alpha value is -2.07. The zero-order valence-corrected chi connectivity index (χ0v) is 11.5. The molecule has 0 aliphatic carbocycles. The molecule has 0 heterocycles. The average molecular weight is 295 g/mol. The van der Waals surface area contributed by atoms with Gasteiger partial charge in [0, 0.05) is 10.6 Å². The Kier molecular flexibility index (Phi) is 4.58. The second-order valence-electron chi connectivity index (χ2n) is 4.01. The van der Waals surface area contributed by atoms with Crippen molar-refractivity contribution in [3.63, 3.8) is 0 Å². The van der Waals surface area contributed by atoms with Crippen molar-refractivity contribution >= 4 is 17.6 Å². The van der Waals surface area contributed by atoms with Crippen LogP contribution in [0, 0.1) is 5.82 Å². The Morgan fingerprint density at radius 3 is 2.70 bits per heavy atom. The lowest BCUT2D eigenvalue weighted by atomic mass is 10.2. The molecule has 0 aromatic heterocycles. The zero-order chi connectivity index (χ0) is 14.5. The average Bonchev–Trinajstić information content (AvgIpc) is 2.46. The van der Waals surface area contributed by atoms with Crippen LogP contribution in [0.1, 0.15) is 15.9 Å². The van der Waals surface area contributed by atoms with Crippen molar-refractivity contribution < 1.29 is 18.7 Å². The molecule has 2 aromatic rings. The second kappa shape index (κ2) is 6.39. The highest BCUT2D eigenvalue weighted by Crippen LogP contribution is 2.23. The molecule has 5 heteroatoms. The van der Waals surface area contributed by atoms with Crippen LogP contribution in [0.25, 0.3) is 0 Å². The Bertz CT molecular complexity index is 628. The molecule has 0 unspecified atom stereocenters. The fraction of sp³-hybridized carbons (Fsp3) is 0.133. The molecule has 0 atom stereocenters. The summed E-state index contributed by atoms with van der Waals surface area (Å²) in [6.45, 7) is -0.152. The van der Waals surface area contributed by atoms with Gasteiger partial charge in [0.15, 0.2) is 0 Å². The van der Waals surface area contributed by atoms with E-state index in [1.54, 1.807) is 30.3 Å². The van der Waals surface area contributed by atoms with E-state index in [1.807, 2.05) is 0 Å². The SMILES string of the molecule is COc1ccc(Cl)cc1C(=O)OCc1ccccc1F. The van der Waals surface area contributed by atoms with Gasteiger partial charge in [0.25, 0.3) is 0 Å². The summed E-state index contributed by atoms with van der Waals surface area (Å²) in [5.74, 6) is -0.682. The van der Waals surface area contributed by atoms with Gasteiger partial charge in [-0.15, -0.1) is 0 Å². The number of rotatable bonds is 4. The molecule has 0 spiro atoms. The highest BCUT2D eigenvalue weighted by atomic mass is 35.5. The van der Waals surface area contributed by atoms with Crippen molar-refractivity contribution in [2.75, 3.05) is 7.11 Å². The normalized spacial score (nSPS) is 10.2. The van der Waals surface area contributed by atoms with Gasteiger partial charge in [-0.25, -0.2) is 9.18 Å². The standard InChI is InChI=1S/C15H12ClFO3/c1-19-14-7-6-11(16)8-12(14)15(18)20-9-10-4-2-3-5-13(10)17/h2-8H,9H2,1H3. The van der Waals surface area contributed by atoms with Crippen LogP contribution in [0.3, 0.4) is 0 Å². The van der Waals surface area contributed by atoms with E-state index in [0.29, 0.717) is 16.3 Å². The molecular weight excluding hydrogens is 283 g/mol. The van der Waals surface area contributed by atoms with Gasteiger partial charge in [-0.05, 0) is 24.3 Å². The predicted molar refractivity (Wildman–Crippen MR) is 73.5 cm³/mol. The van der Waals surface area contributed by atoms with Crippen molar-refractivity contribution in [3.05, 3.63) is 64.4 Å². The van der Waals surface area contributed by atoms with Gasteiger partial charge >= 0.3 is 5.97 Å². The summed E-state index contributed by atoms with van der Waals surface area (Å²) in [6, 6.07) is 10.7. The number of halogens is 2. The van der Waals surface area contributed by atoms with Gasteiger partial charge in [-0.2, -0.15) is 0 Å². The van der Waals surface area contributed by atoms with Gasteiger partial charge in [0.1, 0.15) is 23.7 Å². The maximum absolute atomic E-state index is 13.4. The van der Waals surface area contributed by atoms with Crippen LogP contribution in [0.15, 0.2) is 42.5 Å². The third-order valence-electron chi connectivity index (χ3n) is 2.70. The first-order valence-electron chi connectivity index (χ1n) is 5.86. The lowest BCUT2D eigenvalue weighted by Crippen LogP contribution is -2.08. The quantitative estimate of drug-likeness (QED) is 0.804. The van der Waals surface area contributed by atoms with Gasteiger partial charge in [-0.1, -0.05) is 29.8 Å². The van der Waals surface area contributed by atoms with Crippen molar-refractivity contribution in [3.8, 4) is 5.75 Å². The van der Waals surface area contributed by atoms with Crippen LogP contribution in [-0.4, -0.2) is 13.1 Å². The van der Waals surface area contributed by atoms with Crippen molar-refractivity contribution in [2.45, 2.75) is 6.61 Å². The maximum atomic E-state index is 13.4. The number of hydrogen-bond acceptors (Lipinski definition) is 3. The first-order valence-corrected chi connectivity index (χ1v) is 6.23. The van der Waals surface area contributed by atoms with Crippen LogP contribution in [0.4, 0.5) is 4.39 Å². The van der Waals surface area contributed by atoms with Crippen LogP contribution in [0.2, 0.25) is 5.02 Å². The monoisotopic (exact) mass is 294 g/mol. The summed E-state index contributed by atoms with van der Waals surface area (Å²) in [6.07, 6.45) is 0. The number of benzene rings is 2. The Labute approximate surface area is 120 Å². The molecule has 0 bridgehead atoms. The van der Waals surface area contributed by atoms with Crippen LogP contribution >= 0.6 is 11.6 Å².